The second kappa shape index (κ2) is 12.1. The monoisotopic (exact) mass is 430 g/mol. The molecule has 2 saturated heterocycles. The maximum absolute atomic E-state index is 13.3. The van der Waals surface area contributed by atoms with E-state index in [2.05, 4.69) is 15.5 Å². The van der Waals surface area contributed by atoms with E-state index in [0.29, 0.717) is 18.8 Å². The number of hydrogen-bond acceptors (Lipinski definition) is 5. The number of rotatable bonds is 9. The van der Waals surface area contributed by atoms with Gasteiger partial charge in [-0.05, 0) is 55.8 Å². The van der Waals surface area contributed by atoms with E-state index in [1.54, 1.807) is 12.1 Å². The summed E-state index contributed by atoms with van der Waals surface area (Å²) in [7, 11) is 0. The van der Waals surface area contributed by atoms with Crippen molar-refractivity contribution in [2.45, 2.75) is 51.5 Å². The molecule has 31 heavy (non-hydrogen) atoms. The van der Waals surface area contributed by atoms with Crippen LogP contribution in [0.4, 0.5) is 0 Å². The van der Waals surface area contributed by atoms with Gasteiger partial charge in [0.25, 0.3) is 0 Å². The second-order valence-corrected chi connectivity index (χ2v) is 8.89. The summed E-state index contributed by atoms with van der Waals surface area (Å²) >= 11 is 0. The minimum absolute atomic E-state index is 0.0121. The van der Waals surface area contributed by atoms with Crippen LogP contribution < -0.4 is 10.6 Å². The highest BCUT2D eigenvalue weighted by Gasteiger charge is 2.29. The zero-order valence-electron chi connectivity index (χ0n) is 18.8. The number of likely N-dealkylation sites (tertiary alicyclic amines) is 1. The SMILES string of the molecule is CCCC(=O)N[C@@H](Cc1ccc(O)cc1)C(=O)N1CCC(CCN2CCNCC2)CC1. The topological polar surface area (TPSA) is 84.9 Å². The number of nitrogens with zero attached hydrogens (tertiary/aromatic N) is 2. The molecule has 1 aromatic carbocycles. The molecule has 0 bridgehead atoms. The van der Waals surface area contributed by atoms with E-state index in [4.69, 9.17) is 0 Å². The van der Waals surface area contributed by atoms with E-state index in [9.17, 15) is 14.7 Å². The molecule has 2 fully saturated rings. The molecule has 3 N–H and O–H groups in total. The summed E-state index contributed by atoms with van der Waals surface area (Å²) < 4.78 is 0. The highest BCUT2D eigenvalue weighted by Crippen LogP contribution is 2.22. The molecule has 1 aromatic rings. The summed E-state index contributed by atoms with van der Waals surface area (Å²) in [5, 5.41) is 15.9. The van der Waals surface area contributed by atoms with Crippen LogP contribution in [0.25, 0.3) is 0 Å². The number of nitrogens with one attached hydrogen (secondary N) is 2. The molecule has 0 unspecified atom stereocenters. The second-order valence-electron chi connectivity index (χ2n) is 8.89. The van der Waals surface area contributed by atoms with Gasteiger partial charge >= 0.3 is 0 Å². The van der Waals surface area contributed by atoms with Crippen LogP contribution >= 0.6 is 0 Å². The Hall–Kier alpha value is -2.12. The predicted octanol–water partition coefficient (Wildman–Crippen LogP) is 1.75. The number of benzene rings is 1. The Balaban J connectivity index is 1.52. The van der Waals surface area contributed by atoms with Crippen LogP contribution in [0.15, 0.2) is 24.3 Å². The molecule has 7 nitrogen and oxygen atoms in total. The van der Waals surface area contributed by atoms with Gasteiger partial charge in [0.1, 0.15) is 11.8 Å². The fourth-order valence-electron chi connectivity index (χ4n) is 4.52. The maximum Gasteiger partial charge on any atom is 0.245 e. The first-order chi connectivity index (χ1) is 15.0. The standard InChI is InChI=1S/C24H38N4O3/c1-2-3-23(30)26-22(18-20-4-6-21(29)7-5-20)24(31)28-14-9-19(10-15-28)8-13-27-16-11-25-12-17-27/h4-7,19,22,25,29H,2-3,8-18H2,1H3,(H,26,30)/t22-/m0/s1. The van der Waals surface area contributed by atoms with Crippen molar-refractivity contribution in [2.24, 2.45) is 5.92 Å². The van der Waals surface area contributed by atoms with Crippen molar-refractivity contribution in [3.63, 3.8) is 0 Å². The van der Waals surface area contributed by atoms with E-state index < -0.39 is 6.04 Å². The Bertz CT molecular complexity index is 695. The van der Waals surface area contributed by atoms with Crippen molar-refractivity contribution in [3.8, 4) is 5.75 Å². The average molecular weight is 431 g/mol. The van der Waals surface area contributed by atoms with Crippen molar-refractivity contribution in [1.82, 2.24) is 20.4 Å². The number of phenols is 1. The van der Waals surface area contributed by atoms with Gasteiger partial charge in [0.05, 0.1) is 0 Å². The molecule has 2 heterocycles. The van der Waals surface area contributed by atoms with E-state index in [0.717, 1.165) is 70.6 Å². The van der Waals surface area contributed by atoms with E-state index in [-0.39, 0.29) is 17.6 Å². The third kappa shape index (κ3) is 7.51. The zero-order chi connectivity index (χ0) is 22.1. The molecule has 1 atom stereocenters. The van der Waals surface area contributed by atoms with E-state index in [1.807, 2.05) is 24.0 Å². The van der Waals surface area contributed by atoms with Gasteiger partial charge in [-0.2, -0.15) is 0 Å². The summed E-state index contributed by atoms with van der Waals surface area (Å²) in [6.07, 6.45) is 4.89. The molecule has 2 aliphatic rings. The molecule has 0 aliphatic carbocycles. The number of carbonyl (C=O) groups is 2. The first-order valence-corrected chi connectivity index (χ1v) is 11.8. The van der Waals surface area contributed by atoms with Crippen LogP contribution in [0.2, 0.25) is 0 Å². The summed E-state index contributed by atoms with van der Waals surface area (Å²) in [5.74, 6) is 0.803. The maximum atomic E-state index is 13.3. The summed E-state index contributed by atoms with van der Waals surface area (Å²) in [5.41, 5.74) is 0.929. The van der Waals surface area contributed by atoms with Crippen LogP contribution in [0.3, 0.4) is 0 Å². The molecule has 7 heteroatoms. The Kier molecular flexibility index (Phi) is 9.15. The lowest BCUT2D eigenvalue weighted by atomic mass is 9.92. The van der Waals surface area contributed by atoms with Crippen LogP contribution in [0.1, 0.15) is 44.6 Å². The number of phenolic OH excluding ortho intramolecular Hbond substituents is 1. The summed E-state index contributed by atoms with van der Waals surface area (Å²) in [6.45, 7) is 9.07. The number of aromatic hydroxyl groups is 1. The van der Waals surface area contributed by atoms with E-state index in [1.165, 1.54) is 6.42 Å². The number of carbonyl (C=O) groups excluding carboxylic acids is 2. The Morgan fingerprint density at radius 3 is 2.45 bits per heavy atom. The van der Waals surface area contributed by atoms with Crippen LogP contribution in [0, 0.1) is 5.92 Å². The van der Waals surface area contributed by atoms with E-state index >= 15 is 0 Å². The van der Waals surface area contributed by atoms with Gasteiger partial charge in [0, 0.05) is 52.1 Å². The van der Waals surface area contributed by atoms with Gasteiger partial charge in [0.2, 0.25) is 11.8 Å². The third-order valence-corrected chi connectivity index (χ3v) is 6.48. The minimum atomic E-state index is -0.555. The highest BCUT2D eigenvalue weighted by atomic mass is 16.3. The van der Waals surface area contributed by atoms with Gasteiger partial charge in [0.15, 0.2) is 0 Å². The number of piperidine rings is 1. The third-order valence-electron chi connectivity index (χ3n) is 6.48. The summed E-state index contributed by atoms with van der Waals surface area (Å²) in [6, 6.07) is 6.30. The normalized spacial score (nSPS) is 19.2. The Labute approximate surface area is 186 Å². The van der Waals surface area contributed by atoms with Crippen LogP contribution in [-0.4, -0.2) is 78.6 Å². The van der Waals surface area contributed by atoms with Crippen molar-refractivity contribution < 1.29 is 14.7 Å². The van der Waals surface area contributed by atoms with Crippen molar-refractivity contribution in [2.75, 3.05) is 45.8 Å². The fraction of sp³-hybridized carbons (Fsp3) is 0.667. The number of amides is 2. The van der Waals surface area contributed by atoms with Crippen molar-refractivity contribution >= 4 is 11.8 Å². The quantitative estimate of drug-likeness (QED) is 0.556. The largest absolute Gasteiger partial charge is 0.508 e. The summed E-state index contributed by atoms with van der Waals surface area (Å²) in [4.78, 5) is 30.0. The highest BCUT2D eigenvalue weighted by molar-refractivity contribution is 5.88. The Morgan fingerprint density at radius 2 is 1.81 bits per heavy atom. The number of piperazine rings is 1. The van der Waals surface area contributed by atoms with Crippen LogP contribution in [0.5, 0.6) is 5.75 Å². The predicted molar refractivity (Wildman–Crippen MR) is 122 cm³/mol. The van der Waals surface area contributed by atoms with Gasteiger partial charge < -0.3 is 25.5 Å². The molecule has 0 aromatic heterocycles. The first kappa shape index (κ1) is 23.5. The fourth-order valence-corrected chi connectivity index (χ4v) is 4.52. The molecule has 0 saturated carbocycles. The Morgan fingerprint density at radius 1 is 1.13 bits per heavy atom. The minimum Gasteiger partial charge on any atom is -0.508 e. The van der Waals surface area contributed by atoms with Gasteiger partial charge in [-0.25, -0.2) is 0 Å². The molecule has 2 aliphatic heterocycles. The van der Waals surface area contributed by atoms with Crippen LogP contribution in [-0.2, 0) is 16.0 Å². The molecular formula is C24H38N4O3. The lowest BCUT2D eigenvalue weighted by Gasteiger charge is -2.35. The van der Waals surface area contributed by atoms with Crippen molar-refractivity contribution in [1.29, 1.82) is 0 Å². The lowest BCUT2D eigenvalue weighted by molar-refractivity contribution is -0.137. The van der Waals surface area contributed by atoms with Crippen molar-refractivity contribution in [3.05, 3.63) is 29.8 Å². The molecule has 0 radical (unpaired) electrons. The molecule has 0 spiro atoms. The van der Waals surface area contributed by atoms with Gasteiger partial charge in [-0.3, -0.25) is 9.59 Å². The zero-order valence-corrected chi connectivity index (χ0v) is 18.8. The van der Waals surface area contributed by atoms with Gasteiger partial charge in [-0.15, -0.1) is 0 Å². The average Bonchev–Trinajstić information content (AvgIpc) is 2.79. The lowest BCUT2D eigenvalue weighted by Crippen LogP contribution is -2.51. The molecular weight excluding hydrogens is 392 g/mol. The van der Waals surface area contributed by atoms with Gasteiger partial charge in [-0.1, -0.05) is 19.1 Å². The molecule has 2 amide bonds. The molecule has 3 rings (SSSR count). The molecule has 172 valence electrons. The number of hydrogen-bond donors (Lipinski definition) is 3. The smallest absolute Gasteiger partial charge is 0.245 e. The first-order valence-electron chi connectivity index (χ1n) is 11.8.